The molecular weight excluding hydrogens is 346 g/mol. The molecule has 0 spiro atoms. The molecule has 132 valence electrons. The van der Waals surface area contributed by atoms with Gasteiger partial charge in [-0.05, 0) is 36.4 Å². The molecule has 0 aliphatic carbocycles. The number of carbonyl (C=O) groups excluding carboxylic acids is 1. The Morgan fingerprint density at radius 2 is 1.65 bits per heavy atom. The van der Waals surface area contributed by atoms with Crippen molar-refractivity contribution in [1.29, 1.82) is 0 Å². The van der Waals surface area contributed by atoms with Gasteiger partial charge in [0.2, 0.25) is 0 Å². The van der Waals surface area contributed by atoms with Crippen LogP contribution in [0.5, 0.6) is 0 Å². The molecule has 0 aromatic carbocycles. The third kappa shape index (κ3) is 6.14. The van der Waals surface area contributed by atoms with Gasteiger partial charge in [-0.3, -0.25) is 19.7 Å². The van der Waals surface area contributed by atoms with Crippen molar-refractivity contribution >= 4 is 18.0 Å². The molecule has 3 heterocycles. The Bertz CT molecular complexity index is 768. The minimum Gasteiger partial charge on any atom is -0.391 e. The van der Waals surface area contributed by atoms with Crippen LogP contribution in [-0.4, -0.2) is 26.7 Å². The van der Waals surface area contributed by atoms with E-state index in [1.54, 1.807) is 24.7 Å². The lowest BCUT2D eigenvalue weighted by atomic mass is 10.1. The fourth-order valence-corrected chi connectivity index (χ4v) is 2.34. The van der Waals surface area contributed by atoms with Gasteiger partial charge < -0.3 is 4.18 Å². The zero-order chi connectivity index (χ0) is 18.6. The van der Waals surface area contributed by atoms with Crippen LogP contribution in [0, 0.1) is 0 Å². The van der Waals surface area contributed by atoms with Gasteiger partial charge in [0.1, 0.15) is 0 Å². The number of hydrogen-bond acceptors (Lipinski definition) is 6. The van der Waals surface area contributed by atoms with Crippen LogP contribution < -0.4 is 0 Å². The molecule has 0 radical (unpaired) electrons. The molecule has 5 nitrogen and oxygen atoms in total. The first-order chi connectivity index (χ1) is 12.7. The molecular formula is C20H19N3O2S. The average molecular weight is 365 g/mol. The highest BCUT2D eigenvalue weighted by Gasteiger charge is 2.09. The number of nitrogens with zero attached hydrogens (tertiary/aromatic N) is 3. The van der Waals surface area contributed by atoms with Crippen LogP contribution in [0.25, 0.3) is 22.6 Å². The third-order valence-corrected chi connectivity index (χ3v) is 3.74. The lowest BCUT2D eigenvalue weighted by molar-refractivity contribution is -0.130. The van der Waals surface area contributed by atoms with Crippen molar-refractivity contribution in [1.82, 2.24) is 15.0 Å². The van der Waals surface area contributed by atoms with Crippen LogP contribution in [-0.2, 0) is 8.98 Å². The lowest BCUT2D eigenvalue weighted by Gasteiger charge is -2.06. The summed E-state index contributed by atoms with van der Waals surface area (Å²) in [6.45, 7) is 4.82. The number of rotatable bonds is 5. The van der Waals surface area contributed by atoms with Crippen molar-refractivity contribution in [3.63, 3.8) is 0 Å². The third-order valence-electron chi connectivity index (χ3n) is 3.02. The predicted molar refractivity (Wildman–Crippen MR) is 105 cm³/mol. The van der Waals surface area contributed by atoms with Crippen LogP contribution >= 0.6 is 12.0 Å². The van der Waals surface area contributed by atoms with Gasteiger partial charge in [-0.15, -0.1) is 6.58 Å². The van der Waals surface area contributed by atoms with Crippen LogP contribution in [0.15, 0.2) is 79.8 Å². The van der Waals surface area contributed by atoms with Gasteiger partial charge in [0.25, 0.3) is 0 Å². The molecule has 0 N–H and O–H groups in total. The Morgan fingerprint density at radius 3 is 2.23 bits per heavy atom. The molecule has 3 aromatic rings. The van der Waals surface area contributed by atoms with E-state index >= 15 is 0 Å². The highest BCUT2D eigenvalue weighted by Crippen LogP contribution is 2.26. The molecule has 0 aliphatic rings. The fraction of sp³-hybridized carbons (Fsp3) is 0.100. The summed E-state index contributed by atoms with van der Waals surface area (Å²) in [6.07, 6.45) is 7.00. The predicted octanol–water partition coefficient (Wildman–Crippen LogP) is 4.59. The van der Waals surface area contributed by atoms with Crippen LogP contribution in [0.4, 0.5) is 0 Å². The van der Waals surface area contributed by atoms with Crippen LogP contribution in [0.1, 0.15) is 6.92 Å². The number of hydrogen-bond donors (Lipinski definition) is 0. The molecule has 0 saturated carbocycles. The fourth-order valence-electron chi connectivity index (χ4n) is 2.01. The van der Waals surface area contributed by atoms with Crippen molar-refractivity contribution in [2.45, 2.75) is 6.92 Å². The van der Waals surface area contributed by atoms with Crippen LogP contribution in [0.3, 0.4) is 0 Å². The Labute approximate surface area is 157 Å². The van der Waals surface area contributed by atoms with E-state index in [1.807, 2.05) is 48.5 Å². The van der Waals surface area contributed by atoms with Crippen molar-refractivity contribution < 1.29 is 8.98 Å². The summed E-state index contributed by atoms with van der Waals surface area (Å²) < 4.78 is 4.49. The zero-order valence-corrected chi connectivity index (χ0v) is 15.2. The molecule has 0 bridgehead atoms. The maximum atomic E-state index is 10.0. The topological polar surface area (TPSA) is 65.0 Å². The van der Waals surface area contributed by atoms with Gasteiger partial charge in [0.15, 0.2) is 0 Å². The molecule has 6 heteroatoms. The molecule has 0 amide bonds. The molecule has 3 rings (SSSR count). The molecule has 0 atom stereocenters. The summed E-state index contributed by atoms with van der Waals surface area (Å²) in [4.78, 5) is 23.2. The highest BCUT2D eigenvalue weighted by molar-refractivity contribution is 7.95. The second-order valence-corrected chi connectivity index (χ2v) is 5.71. The van der Waals surface area contributed by atoms with E-state index in [0.29, 0.717) is 5.75 Å². The Morgan fingerprint density at radius 1 is 1.00 bits per heavy atom. The van der Waals surface area contributed by atoms with Gasteiger partial charge in [-0.25, -0.2) is 0 Å². The monoisotopic (exact) mass is 365 g/mol. The van der Waals surface area contributed by atoms with E-state index in [1.165, 1.54) is 6.92 Å². The largest absolute Gasteiger partial charge is 0.391 e. The second kappa shape index (κ2) is 10.8. The zero-order valence-electron chi connectivity index (χ0n) is 14.4. The Balaban J connectivity index is 0.000000260. The standard InChI is InChI=1S/C15H11N3.C5H8O2S/c1-3-9-16-13(7-1)12-6-5-11-18-15(12)14-8-2-4-10-17-14;1-3-4-8-7-5(2)6/h1-11H;3H,1,4H2,2H3. The van der Waals surface area contributed by atoms with E-state index in [0.717, 1.165) is 34.7 Å². The van der Waals surface area contributed by atoms with Gasteiger partial charge in [-0.2, -0.15) is 0 Å². The minimum absolute atomic E-state index is 0.267. The second-order valence-electron chi connectivity index (χ2n) is 4.98. The molecule has 26 heavy (non-hydrogen) atoms. The number of aromatic nitrogens is 3. The molecule has 0 unspecified atom stereocenters. The Kier molecular flexibility index (Phi) is 8.02. The normalized spacial score (nSPS) is 9.58. The average Bonchev–Trinajstić information content (AvgIpc) is 2.70. The van der Waals surface area contributed by atoms with Crippen molar-refractivity contribution in [2.75, 3.05) is 5.75 Å². The summed E-state index contributed by atoms with van der Waals surface area (Å²) in [7, 11) is 0. The van der Waals surface area contributed by atoms with E-state index in [-0.39, 0.29) is 5.97 Å². The highest BCUT2D eigenvalue weighted by atomic mass is 32.2. The quantitative estimate of drug-likeness (QED) is 0.374. The van der Waals surface area contributed by atoms with Crippen molar-refractivity contribution in [3.8, 4) is 22.6 Å². The van der Waals surface area contributed by atoms with E-state index in [4.69, 9.17) is 0 Å². The summed E-state index contributed by atoms with van der Waals surface area (Å²) in [5.41, 5.74) is 3.62. The summed E-state index contributed by atoms with van der Waals surface area (Å²) in [6, 6.07) is 15.6. The van der Waals surface area contributed by atoms with Gasteiger partial charge in [-0.1, -0.05) is 18.2 Å². The van der Waals surface area contributed by atoms with E-state index < -0.39 is 0 Å². The van der Waals surface area contributed by atoms with Gasteiger partial charge in [0.05, 0.1) is 29.1 Å². The number of carbonyl (C=O) groups is 1. The molecule has 0 fully saturated rings. The van der Waals surface area contributed by atoms with Crippen LogP contribution in [0.2, 0.25) is 0 Å². The lowest BCUT2D eigenvalue weighted by Crippen LogP contribution is -1.92. The van der Waals surface area contributed by atoms with E-state index in [2.05, 4.69) is 25.7 Å². The minimum atomic E-state index is -0.267. The number of pyridine rings is 3. The molecule has 0 aliphatic heterocycles. The smallest absolute Gasteiger partial charge is 0.314 e. The first-order valence-electron chi connectivity index (χ1n) is 7.91. The SMILES string of the molecule is C=CCSOC(C)=O.c1ccc(-c2cccnc2-c2ccccn2)nc1. The summed E-state index contributed by atoms with van der Waals surface area (Å²) >= 11 is 1.09. The molecule has 3 aromatic heterocycles. The first kappa shape index (κ1) is 19.3. The molecule has 0 saturated heterocycles. The summed E-state index contributed by atoms with van der Waals surface area (Å²) in [5.74, 6) is 0.386. The van der Waals surface area contributed by atoms with Crippen molar-refractivity contribution in [3.05, 3.63) is 79.8 Å². The van der Waals surface area contributed by atoms with E-state index in [9.17, 15) is 4.79 Å². The maximum Gasteiger partial charge on any atom is 0.314 e. The summed E-state index contributed by atoms with van der Waals surface area (Å²) in [5, 5.41) is 0. The van der Waals surface area contributed by atoms with Gasteiger partial charge >= 0.3 is 5.97 Å². The van der Waals surface area contributed by atoms with Crippen molar-refractivity contribution in [2.24, 2.45) is 0 Å². The Hall–Kier alpha value is -2.99. The first-order valence-corrected chi connectivity index (χ1v) is 8.82. The van der Waals surface area contributed by atoms with Gasteiger partial charge in [0, 0.05) is 36.8 Å². The maximum absolute atomic E-state index is 10.0.